The standard InChI is InChI=1S/C16H20F3N3OS/c17-16(18,19)10-22-7-6-12(9-22)20-21-15(23)14-8-11-4-2-1-3-5-13(11)24-14/h8H,1-7,9-10H2,(H,21,23)/b20-12+. The summed E-state index contributed by atoms with van der Waals surface area (Å²) < 4.78 is 37.1. The third-order valence-electron chi connectivity index (χ3n) is 4.31. The van der Waals surface area contributed by atoms with Crippen molar-refractivity contribution in [2.45, 2.75) is 44.7 Å². The molecule has 0 saturated carbocycles. The smallest absolute Gasteiger partial charge is 0.289 e. The molecule has 0 spiro atoms. The number of amides is 1. The van der Waals surface area contributed by atoms with Crippen molar-refractivity contribution < 1.29 is 18.0 Å². The van der Waals surface area contributed by atoms with Crippen molar-refractivity contribution in [1.82, 2.24) is 10.3 Å². The maximum absolute atomic E-state index is 12.4. The second-order valence-electron chi connectivity index (χ2n) is 6.31. The molecule has 2 aliphatic rings. The van der Waals surface area contributed by atoms with E-state index in [1.165, 1.54) is 33.1 Å². The lowest BCUT2D eigenvalue weighted by Gasteiger charge is -2.15. The molecule has 132 valence electrons. The van der Waals surface area contributed by atoms with Gasteiger partial charge >= 0.3 is 6.18 Å². The molecule has 1 aromatic rings. The van der Waals surface area contributed by atoms with Crippen molar-refractivity contribution in [1.29, 1.82) is 0 Å². The third-order valence-corrected chi connectivity index (χ3v) is 5.55. The second-order valence-corrected chi connectivity index (χ2v) is 7.45. The highest BCUT2D eigenvalue weighted by molar-refractivity contribution is 7.14. The lowest BCUT2D eigenvalue weighted by molar-refractivity contribution is -0.142. The van der Waals surface area contributed by atoms with Gasteiger partial charge in [-0.15, -0.1) is 11.3 Å². The first-order chi connectivity index (χ1) is 11.4. The number of hydrogen-bond acceptors (Lipinski definition) is 4. The average Bonchev–Trinajstić information content (AvgIpc) is 3.05. The van der Waals surface area contributed by atoms with Crippen LogP contribution in [-0.4, -0.2) is 42.3 Å². The summed E-state index contributed by atoms with van der Waals surface area (Å²) in [7, 11) is 0. The van der Waals surface area contributed by atoms with E-state index in [0.717, 1.165) is 25.7 Å². The zero-order valence-electron chi connectivity index (χ0n) is 13.3. The molecule has 1 aromatic heterocycles. The minimum atomic E-state index is -4.20. The molecule has 0 aromatic carbocycles. The molecule has 24 heavy (non-hydrogen) atoms. The Morgan fingerprint density at radius 3 is 2.83 bits per heavy atom. The molecule has 1 aliphatic carbocycles. The molecule has 1 saturated heterocycles. The Labute approximate surface area is 142 Å². The Kier molecular flexibility index (Phi) is 5.24. The van der Waals surface area contributed by atoms with Crippen molar-refractivity contribution in [3.05, 3.63) is 21.4 Å². The molecule has 1 fully saturated rings. The molecular formula is C16H20F3N3OS. The number of alkyl halides is 3. The molecule has 4 nitrogen and oxygen atoms in total. The Bertz CT molecular complexity index is 616. The fourth-order valence-electron chi connectivity index (χ4n) is 3.15. The van der Waals surface area contributed by atoms with Crippen molar-refractivity contribution in [3.8, 4) is 0 Å². The van der Waals surface area contributed by atoms with Crippen molar-refractivity contribution in [2.24, 2.45) is 5.10 Å². The van der Waals surface area contributed by atoms with E-state index in [9.17, 15) is 18.0 Å². The summed E-state index contributed by atoms with van der Waals surface area (Å²) in [6, 6.07) is 1.94. The number of hydrazone groups is 1. The summed E-state index contributed by atoms with van der Waals surface area (Å²) in [6.45, 7) is -0.458. The van der Waals surface area contributed by atoms with Gasteiger partial charge in [-0.1, -0.05) is 6.42 Å². The number of nitrogens with zero attached hydrogens (tertiary/aromatic N) is 2. The molecule has 1 amide bonds. The van der Waals surface area contributed by atoms with Crippen LogP contribution in [0.25, 0.3) is 0 Å². The molecule has 0 atom stereocenters. The Hall–Kier alpha value is -1.41. The molecule has 8 heteroatoms. The first-order valence-corrected chi connectivity index (χ1v) is 8.99. The number of carbonyl (C=O) groups excluding carboxylic acids is 1. The number of rotatable bonds is 3. The van der Waals surface area contributed by atoms with Crippen molar-refractivity contribution >= 4 is 23.0 Å². The van der Waals surface area contributed by atoms with Gasteiger partial charge in [0.25, 0.3) is 5.91 Å². The highest BCUT2D eigenvalue weighted by Crippen LogP contribution is 2.29. The van der Waals surface area contributed by atoms with Gasteiger partial charge in [0, 0.05) is 24.4 Å². The van der Waals surface area contributed by atoms with Crippen LogP contribution in [0.15, 0.2) is 11.2 Å². The number of nitrogens with one attached hydrogen (secondary N) is 1. The van der Waals surface area contributed by atoms with Crippen LogP contribution in [0.2, 0.25) is 0 Å². The first kappa shape index (κ1) is 17.4. The number of likely N-dealkylation sites (tertiary alicyclic amines) is 1. The number of halogens is 3. The van der Waals surface area contributed by atoms with E-state index >= 15 is 0 Å². The van der Waals surface area contributed by atoms with Gasteiger partial charge < -0.3 is 0 Å². The lowest BCUT2D eigenvalue weighted by Crippen LogP contribution is -2.32. The number of hydrogen-bond donors (Lipinski definition) is 1. The summed E-state index contributed by atoms with van der Waals surface area (Å²) in [5, 5.41) is 4.02. The number of aryl methyl sites for hydroxylation is 2. The number of fused-ring (bicyclic) bond motifs is 1. The molecule has 2 heterocycles. The molecule has 1 N–H and O–H groups in total. The molecule has 0 unspecified atom stereocenters. The fourth-order valence-corrected chi connectivity index (χ4v) is 4.29. The lowest BCUT2D eigenvalue weighted by atomic mass is 10.1. The van der Waals surface area contributed by atoms with E-state index in [2.05, 4.69) is 10.5 Å². The number of carbonyl (C=O) groups is 1. The summed E-state index contributed by atoms with van der Waals surface area (Å²) >= 11 is 1.51. The zero-order chi connectivity index (χ0) is 17.2. The van der Waals surface area contributed by atoms with E-state index in [4.69, 9.17) is 0 Å². The van der Waals surface area contributed by atoms with E-state index in [-0.39, 0.29) is 12.5 Å². The van der Waals surface area contributed by atoms with Crippen LogP contribution in [-0.2, 0) is 12.8 Å². The minimum Gasteiger partial charge on any atom is -0.289 e. The van der Waals surface area contributed by atoms with Crippen molar-refractivity contribution in [2.75, 3.05) is 19.6 Å². The van der Waals surface area contributed by atoms with Gasteiger partial charge in [-0.25, -0.2) is 5.43 Å². The zero-order valence-corrected chi connectivity index (χ0v) is 14.1. The van der Waals surface area contributed by atoms with Gasteiger partial charge in [0.15, 0.2) is 0 Å². The van der Waals surface area contributed by atoms with Crippen LogP contribution >= 0.6 is 11.3 Å². The normalized spacial score (nSPS) is 20.9. The summed E-state index contributed by atoms with van der Waals surface area (Å²) in [4.78, 5) is 15.4. The van der Waals surface area contributed by atoms with Crippen LogP contribution in [0.3, 0.4) is 0 Å². The fraction of sp³-hybridized carbons (Fsp3) is 0.625. The monoisotopic (exact) mass is 359 g/mol. The van der Waals surface area contributed by atoms with Crippen LogP contribution in [0.5, 0.6) is 0 Å². The average molecular weight is 359 g/mol. The molecule has 0 bridgehead atoms. The molecule has 3 rings (SSSR count). The van der Waals surface area contributed by atoms with Gasteiger partial charge in [-0.2, -0.15) is 18.3 Å². The van der Waals surface area contributed by atoms with Gasteiger partial charge in [0.1, 0.15) is 0 Å². The summed E-state index contributed by atoms with van der Waals surface area (Å²) in [6.07, 6.45) is 1.83. The van der Waals surface area contributed by atoms with Crippen molar-refractivity contribution in [3.63, 3.8) is 0 Å². The maximum atomic E-state index is 12.4. The van der Waals surface area contributed by atoms with Gasteiger partial charge in [0.05, 0.1) is 17.1 Å². The molecular weight excluding hydrogens is 339 g/mol. The van der Waals surface area contributed by atoms with Gasteiger partial charge in [0.2, 0.25) is 0 Å². The highest BCUT2D eigenvalue weighted by Gasteiger charge is 2.33. The van der Waals surface area contributed by atoms with Crippen LogP contribution in [0, 0.1) is 0 Å². The molecule has 0 radical (unpaired) electrons. The van der Waals surface area contributed by atoms with Crippen LogP contribution in [0.1, 0.15) is 45.8 Å². The summed E-state index contributed by atoms with van der Waals surface area (Å²) in [5.41, 5.74) is 4.35. The van der Waals surface area contributed by atoms with Crippen LogP contribution < -0.4 is 5.43 Å². The van der Waals surface area contributed by atoms with E-state index in [0.29, 0.717) is 23.6 Å². The predicted octanol–water partition coefficient (Wildman–Crippen LogP) is 3.37. The Morgan fingerprint density at radius 2 is 2.04 bits per heavy atom. The molecule has 1 aliphatic heterocycles. The van der Waals surface area contributed by atoms with Crippen LogP contribution in [0.4, 0.5) is 13.2 Å². The second kappa shape index (κ2) is 7.23. The van der Waals surface area contributed by atoms with Gasteiger partial charge in [-0.05, 0) is 37.3 Å². The van der Waals surface area contributed by atoms with Gasteiger partial charge in [-0.3, -0.25) is 9.69 Å². The predicted molar refractivity (Wildman–Crippen MR) is 87.6 cm³/mol. The Balaban J connectivity index is 1.56. The topological polar surface area (TPSA) is 44.7 Å². The summed E-state index contributed by atoms with van der Waals surface area (Å²) in [5.74, 6) is -0.269. The van der Waals surface area contributed by atoms with E-state index in [1.54, 1.807) is 0 Å². The Morgan fingerprint density at radius 1 is 1.25 bits per heavy atom. The first-order valence-electron chi connectivity index (χ1n) is 8.17. The minimum absolute atomic E-state index is 0.154. The third kappa shape index (κ3) is 4.57. The highest BCUT2D eigenvalue weighted by atomic mass is 32.1. The quantitative estimate of drug-likeness (QED) is 0.664. The SMILES string of the molecule is O=C(N/N=C1\CCN(CC(F)(F)F)C1)c1cc2c(s1)CCCCC2. The largest absolute Gasteiger partial charge is 0.401 e. The maximum Gasteiger partial charge on any atom is 0.401 e. The number of thiophene rings is 1. The van der Waals surface area contributed by atoms with E-state index < -0.39 is 12.7 Å². The van der Waals surface area contributed by atoms with E-state index in [1.807, 2.05) is 6.07 Å².